The Balaban J connectivity index is 0.785. The number of ketones is 4. The third-order valence-electron chi connectivity index (χ3n) is 18.5. The van der Waals surface area contributed by atoms with Crippen molar-refractivity contribution >= 4 is 35.4 Å². The predicted molar refractivity (Wildman–Crippen MR) is 249 cm³/mol. The average molecular weight is 1000 g/mol. The first-order chi connectivity index (χ1) is 33.3. The Hall–Kier alpha value is -4.20. The van der Waals surface area contributed by atoms with E-state index in [9.17, 15) is 53.6 Å². The van der Waals surface area contributed by atoms with Gasteiger partial charge in [-0.1, -0.05) is 57.9 Å². The number of fused-ring (bicyclic) bond motifs is 7. The first kappa shape index (κ1) is 54.6. The Morgan fingerprint density at radius 3 is 1.70 bits per heavy atom. The lowest BCUT2D eigenvalue weighted by Crippen LogP contribution is -2.69. The van der Waals surface area contributed by atoms with Crippen LogP contribution in [-0.4, -0.2) is 144 Å². The Bertz CT molecular complexity index is 2230. The van der Waals surface area contributed by atoms with Crippen LogP contribution in [0.4, 0.5) is 18.4 Å². The number of aliphatic hydroxyl groups excluding tert-OH is 2. The average Bonchev–Trinajstić information content (AvgIpc) is 3.64. The molecule has 0 heterocycles. The number of carbonyl (C=O) groups is 6. The van der Waals surface area contributed by atoms with Crippen molar-refractivity contribution < 1.29 is 86.4 Å². The molecule has 7 rings (SSSR count). The van der Waals surface area contributed by atoms with Crippen molar-refractivity contribution in [2.75, 3.05) is 59.5 Å². The Morgan fingerprint density at radius 1 is 0.648 bits per heavy atom. The number of alkyl halides is 2. The number of hydrogen-bond acceptors (Lipinski definition) is 16. The molecule has 0 spiro atoms. The summed E-state index contributed by atoms with van der Waals surface area (Å²) in [6.45, 7) is 7.53. The minimum atomic E-state index is -2.13. The second kappa shape index (κ2) is 20.6. The van der Waals surface area contributed by atoms with Crippen molar-refractivity contribution in [3.05, 3.63) is 47.6 Å². The summed E-state index contributed by atoms with van der Waals surface area (Å²) >= 11 is 0. The van der Waals surface area contributed by atoms with Crippen LogP contribution in [0, 0.1) is 57.2 Å². The second-order valence-corrected chi connectivity index (χ2v) is 22.3. The summed E-state index contributed by atoms with van der Waals surface area (Å²) in [6.07, 6.45) is 6.38. The minimum Gasteiger partial charge on any atom is -0.432 e. The van der Waals surface area contributed by atoms with Crippen LogP contribution >= 0.6 is 0 Å². The van der Waals surface area contributed by atoms with Gasteiger partial charge in [0, 0.05) is 27.6 Å². The number of Topliss-reactive ketones (excluding diaryl/α,β-unsaturated/α-hetero) is 2. The number of aliphatic hydroxyl groups is 4. The second-order valence-electron chi connectivity index (χ2n) is 22.3. The highest BCUT2D eigenvalue weighted by Gasteiger charge is 2.76. The quantitative estimate of drug-likeness (QED) is 0.106. The fraction of sp³-hybridized carbons (Fsp3) is 0.736. The van der Waals surface area contributed by atoms with Gasteiger partial charge in [0.15, 0.2) is 30.4 Å². The van der Waals surface area contributed by atoms with Gasteiger partial charge in [-0.3, -0.25) is 23.6 Å². The maximum Gasteiger partial charge on any atom is 0.508 e. The van der Waals surface area contributed by atoms with Crippen molar-refractivity contribution in [3.63, 3.8) is 0 Å². The molecule has 0 amide bonds. The van der Waals surface area contributed by atoms with Gasteiger partial charge in [0.2, 0.25) is 11.6 Å². The van der Waals surface area contributed by atoms with Crippen molar-refractivity contribution in [3.8, 4) is 0 Å². The normalized spacial score (nSPS) is 41.5. The molecule has 71 heavy (non-hydrogen) atoms. The molecule has 7 aliphatic carbocycles. The Labute approximate surface area is 413 Å². The van der Waals surface area contributed by atoms with Crippen LogP contribution in [0.3, 0.4) is 0 Å². The lowest BCUT2D eigenvalue weighted by molar-refractivity contribution is -0.219. The van der Waals surface area contributed by atoms with Gasteiger partial charge in [0.25, 0.3) is 0 Å². The number of ether oxygens (including phenoxy) is 6. The fourth-order valence-corrected chi connectivity index (χ4v) is 14.7. The molecule has 5 fully saturated rings. The molecule has 0 radical (unpaired) electrons. The molecule has 15 atom stereocenters. The molecule has 16 nitrogen and oxygen atoms in total. The first-order valence-electron chi connectivity index (χ1n) is 25.1. The molecule has 18 heteroatoms. The third kappa shape index (κ3) is 9.40. The highest BCUT2D eigenvalue weighted by Crippen LogP contribution is 2.71. The number of hydrogen-bond donors (Lipinski definition) is 4. The van der Waals surface area contributed by atoms with Crippen LogP contribution < -0.4 is 0 Å². The Kier molecular flexibility index (Phi) is 15.8. The molecule has 0 unspecified atom stereocenters. The SMILES string of the molecule is C[C@@H]1C[C@H]2[C@@H](CF)CCC3=CC(=O)C=C[C@]3(C)C[C@@H](O)C[C@]2(C)[C@@]1(O)C(=O)COC(=O)OCCOCCOCCOC(=O)OCC(=O)[C@@]1(O)[C@H](C)C[C@H]2[C@@H]3CCC4=CC(=O)C=C[C@]4(C)[C@@]3(F)[C@@H](O)C[C@@]21C. The van der Waals surface area contributed by atoms with Gasteiger partial charge in [-0.15, -0.1) is 0 Å². The maximum atomic E-state index is 17.4. The van der Waals surface area contributed by atoms with E-state index in [1.165, 1.54) is 18.2 Å². The predicted octanol–water partition coefficient (Wildman–Crippen LogP) is 5.80. The maximum absolute atomic E-state index is 17.4. The van der Waals surface area contributed by atoms with Crippen molar-refractivity contribution in [2.45, 2.75) is 128 Å². The van der Waals surface area contributed by atoms with Gasteiger partial charge in [-0.25, -0.2) is 14.0 Å². The zero-order valence-electron chi connectivity index (χ0n) is 41.8. The molecule has 0 aromatic carbocycles. The van der Waals surface area contributed by atoms with E-state index in [1.54, 1.807) is 52.8 Å². The lowest BCUT2D eigenvalue weighted by Gasteiger charge is -2.62. The monoisotopic (exact) mass is 1000 g/mol. The summed E-state index contributed by atoms with van der Waals surface area (Å²) in [5.74, 6) is -5.48. The van der Waals surface area contributed by atoms with Gasteiger partial charge in [-0.2, -0.15) is 0 Å². The summed E-state index contributed by atoms with van der Waals surface area (Å²) in [6, 6.07) is 0. The molecule has 0 bridgehead atoms. The first-order valence-corrected chi connectivity index (χ1v) is 25.1. The fourth-order valence-electron chi connectivity index (χ4n) is 14.7. The molecule has 0 aromatic heterocycles. The van der Waals surface area contributed by atoms with Crippen LogP contribution in [-0.2, 0) is 47.6 Å². The van der Waals surface area contributed by atoms with E-state index in [0.29, 0.717) is 44.1 Å². The minimum absolute atomic E-state index is 0.0190. The summed E-state index contributed by atoms with van der Waals surface area (Å²) in [7, 11) is 0. The van der Waals surface area contributed by atoms with Crippen molar-refractivity contribution in [2.24, 2.45) is 57.2 Å². The number of halogens is 2. The van der Waals surface area contributed by atoms with Crippen LogP contribution in [0.5, 0.6) is 0 Å². The third-order valence-corrected chi connectivity index (χ3v) is 18.5. The van der Waals surface area contributed by atoms with E-state index in [4.69, 9.17) is 28.4 Å². The molecule has 4 N–H and O–H groups in total. The van der Waals surface area contributed by atoms with E-state index in [2.05, 4.69) is 0 Å². The summed E-state index contributed by atoms with van der Waals surface area (Å²) in [4.78, 5) is 76.8. The molecular formula is C53H72F2O16. The van der Waals surface area contributed by atoms with E-state index in [-0.39, 0.29) is 70.5 Å². The topological polar surface area (TPSA) is 239 Å². The zero-order chi connectivity index (χ0) is 52.0. The van der Waals surface area contributed by atoms with Crippen LogP contribution in [0.2, 0.25) is 0 Å². The van der Waals surface area contributed by atoms with Crippen LogP contribution in [0.15, 0.2) is 47.6 Å². The Morgan fingerprint density at radius 2 is 1.14 bits per heavy atom. The van der Waals surface area contributed by atoms with E-state index in [0.717, 1.165) is 5.57 Å². The summed E-state index contributed by atoms with van der Waals surface area (Å²) in [5.41, 5.74) is -9.15. The summed E-state index contributed by atoms with van der Waals surface area (Å²) in [5, 5.41) is 47.3. The number of carbonyl (C=O) groups excluding carboxylic acids is 6. The smallest absolute Gasteiger partial charge is 0.432 e. The number of allylic oxidation sites excluding steroid dienone is 8. The molecule has 0 saturated heterocycles. The van der Waals surface area contributed by atoms with Crippen molar-refractivity contribution in [1.29, 1.82) is 0 Å². The molecule has 7 aliphatic rings. The van der Waals surface area contributed by atoms with Gasteiger partial charge >= 0.3 is 12.3 Å². The number of rotatable bonds is 16. The molecule has 394 valence electrons. The highest BCUT2D eigenvalue weighted by molar-refractivity contribution is 6.02. The summed E-state index contributed by atoms with van der Waals surface area (Å²) < 4.78 is 63.3. The van der Waals surface area contributed by atoms with Crippen LogP contribution in [0.25, 0.3) is 0 Å². The lowest BCUT2D eigenvalue weighted by atomic mass is 9.44. The van der Waals surface area contributed by atoms with Crippen LogP contribution in [0.1, 0.15) is 99.3 Å². The van der Waals surface area contributed by atoms with Gasteiger partial charge in [-0.05, 0) is 119 Å². The molecular weight excluding hydrogens is 931 g/mol. The van der Waals surface area contributed by atoms with E-state index in [1.807, 2.05) is 6.92 Å². The largest absolute Gasteiger partial charge is 0.508 e. The van der Waals surface area contributed by atoms with Gasteiger partial charge in [0.1, 0.15) is 24.4 Å². The van der Waals surface area contributed by atoms with E-state index < -0.39 is 130 Å². The standard InChI is InChI=1S/C53H72F2O16/c1-31-21-40-33(28-54)7-8-34-23-36(56)11-13-47(34,3)25-38(58)26-49(40,5)52(31,64)43(60)29-70-45(62)68-19-17-66-15-16-67-18-20-69-46(63)71-30-44(61)53(65)32(2)22-41-39-10-9-35-24-37(57)12-14-48(35,4)51(39,55)42(59)27-50(41,53)6/h11-14,23-24,31-33,38-42,58-59,64-65H,7-10,15-22,25-30H2,1-6H3/t31-,32-,33-,38-,39+,40+,41+,42+,47-,48+,49+,50+,51+,52+,53+/m1/s1. The van der Waals surface area contributed by atoms with E-state index >= 15 is 4.39 Å². The highest BCUT2D eigenvalue weighted by atomic mass is 19.1. The van der Waals surface area contributed by atoms with Gasteiger partial charge < -0.3 is 48.8 Å². The van der Waals surface area contributed by atoms with Crippen molar-refractivity contribution in [1.82, 2.24) is 0 Å². The zero-order valence-corrected chi connectivity index (χ0v) is 41.8. The molecule has 0 aromatic rings. The molecule has 5 saturated carbocycles. The molecule has 0 aliphatic heterocycles. The van der Waals surface area contributed by atoms with Gasteiger partial charge in [0.05, 0.1) is 45.3 Å².